The Morgan fingerprint density at radius 2 is 1.89 bits per heavy atom. The minimum atomic E-state index is -2.02. The maximum absolute atomic E-state index is 13.3. The zero-order valence-electron chi connectivity index (χ0n) is 8.85. The van der Waals surface area contributed by atoms with Gasteiger partial charge in [0.1, 0.15) is 5.69 Å². The monoisotopic (exact) mass is 274 g/mol. The van der Waals surface area contributed by atoms with Crippen LogP contribution in [-0.4, -0.2) is 21.9 Å². The molecule has 2 N–H and O–H groups in total. The van der Waals surface area contributed by atoms with Gasteiger partial charge in [-0.1, -0.05) is 0 Å². The lowest BCUT2D eigenvalue weighted by Crippen LogP contribution is -2.44. The lowest BCUT2D eigenvalue weighted by molar-refractivity contribution is -0.500. The molecule has 11 heteroatoms. The number of hydrogen-bond donors (Lipinski definition) is 2. The van der Waals surface area contributed by atoms with Gasteiger partial charge in [0.05, 0.1) is 15.5 Å². The molecule has 0 aliphatic carbocycles. The van der Waals surface area contributed by atoms with Crippen LogP contribution in [-0.2, 0) is 4.79 Å². The topological polar surface area (TPSA) is 127 Å². The molecule has 0 saturated carbocycles. The van der Waals surface area contributed by atoms with Crippen molar-refractivity contribution in [2.24, 2.45) is 0 Å². The summed E-state index contributed by atoms with van der Waals surface area (Å²) in [5.41, 5.74) is -2.39. The molecule has 2 rings (SSSR count). The van der Waals surface area contributed by atoms with Crippen molar-refractivity contribution in [1.82, 2.24) is 0 Å². The van der Waals surface area contributed by atoms with Gasteiger partial charge in [-0.3, -0.25) is 25.0 Å². The van der Waals surface area contributed by atoms with Crippen LogP contribution >= 0.6 is 0 Å². The van der Waals surface area contributed by atoms with Gasteiger partial charge in [0.15, 0.2) is 5.82 Å². The highest BCUT2D eigenvalue weighted by Crippen LogP contribution is 2.39. The standard InChI is InChI=1S/C8H4F2N4O5/c9-2-1-3-5(6(4(2)10)13(16)17)12-7(14(18)19)8(15)11-3/h1,7,12H,(H,11,15). The molecule has 19 heavy (non-hydrogen) atoms. The summed E-state index contributed by atoms with van der Waals surface area (Å²) < 4.78 is 26.4. The summed E-state index contributed by atoms with van der Waals surface area (Å²) in [5, 5.41) is 25.0. The van der Waals surface area contributed by atoms with Gasteiger partial charge in [0, 0.05) is 6.07 Å². The molecule has 1 atom stereocenters. The molecule has 0 spiro atoms. The third kappa shape index (κ3) is 1.90. The molecule has 1 unspecified atom stereocenters. The van der Waals surface area contributed by atoms with Gasteiger partial charge in [0.2, 0.25) is 5.82 Å². The number of benzene rings is 1. The number of nitro groups is 2. The van der Waals surface area contributed by atoms with Crippen LogP contribution in [0.4, 0.5) is 25.8 Å². The van der Waals surface area contributed by atoms with Crippen molar-refractivity contribution in [3.63, 3.8) is 0 Å². The minimum Gasteiger partial charge on any atom is -0.316 e. The van der Waals surface area contributed by atoms with Gasteiger partial charge in [-0.2, -0.15) is 4.39 Å². The van der Waals surface area contributed by atoms with Gasteiger partial charge >= 0.3 is 17.8 Å². The van der Waals surface area contributed by atoms with Crippen LogP contribution in [0.25, 0.3) is 0 Å². The minimum absolute atomic E-state index is 0.436. The van der Waals surface area contributed by atoms with Crippen molar-refractivity contribution in [1.29, 1.82) is 0 Å². The summed E-state index contributed by atoms with van der Waals surface area (Å²) >= 11 is 0. The zero-order valence-corrected chi connectivity index (χ0v) is 8.85. The maximum atomic E-state index is 13.3. The molecule has 1 aliphatic rings. The third-order valence-corrected chi connectivity index (χ3v) is 2.38. The first-order valence-electron chi connectivity index (χ1n) is 4.70. The van der Waals surface area contributed by atoms with E-state index in [1.54, 1.807) is 0 Å². The molecule has 100 valence electrons. The van der Waals surface area contributed by atoms with E-state index < -0.39 is 50.6 Å². The van der Waals surface area contributed by atoms with E-state index in [9.17, 15) is 33.8 Å². The van der Waals surface area contributed by atoms with Crippen LogP contribution < -0.4 is 10.6 Å². The number of amides is 1. The van der Waals surface area contributed by atoms with E-state index in [4.69, 9.17) is 0 Å². The lowest BCUT2D eigenvalue weighted by atomic mass is 10.1. The van der Waals surface area contributed by atoms with Crippen LogP contribution in [0, 0.1) is 31.9 Å². The van der Waals surface area contributed by atoms with Crippen molar-refractivity contribution >= 4 is 23.0 Å². The largest absolute Gasteiger partial charge is 0.363 e. The maximum Gasteiger partial charge on any atom is 0.363 e. The Morgan fingerprint density at radius 3 is 2.42 bits per heavy atom. The molecule has 1 heterocycles. The number of carbonyl (C=O) groups is 1. The second-order valence-electron chi connectivity index (χ2n) is 3.52. The second-order valence-corrected chi connectivity index (χ2v) is 3.52. The SMILES string of the molecule is O=C1Nc2cc(F)c(F)c([N+](=O)[O-])c2NC1[N+](=O)[O-]. The van der Waals surface area contributed by atoms with Crippen LogP contribution in [0.3, 0.4) is 0 Å². The Morgan fingerprint density at radius 1 is 1.26 bits per heavy atom. The van der Waals surface area contributed by atoms with Crippen LogP contribution in [0.2, 0.25) is 0 Å². The number of nitro benzene ring substituents is 1. The number of rotatable bonds is 2. The van der Waals surface area contributed by atoms with E-state index in [-0.39, 0.29) is 0 Å². The highest BCUT2D eigenvalue weighted by atomic mass is 19.2. The number of nitrogens with one attached hydrogen (secondary N) is 2. The van der Waals surface area contributed by atoms with Gasteiger partial charge in [-0.15, -0.1) is 0 Å². The Hall–Kier alpha value is -2.85. The van der Waals surface area contributed by atoms with Crippen molar-refractivity contribution < 1.29 is 23.4 Å². The van der Waals surface area contributed by atoms with Gasteiger partial charge < -0.3 is 10.6 Å². The molecule has 1 amide bonds. The molecule has 1 aromatic rings. The van der Waals surface area contributed by atoms with Gasteiger partial charge in [-0.05, 0) is 0 Å². The number of hydrogen-bond acceptors (Lipinski definition) is 6. The molecular weight excluding hydrogens is 270 g/mol. The fourth-order valence-electron chi connectivity index (χ4n) is 1.58. The fraction of sp³-hybridized carbons (Fsp3) is 0.125. The van der Waals surface area contributed by atoms with E-state index in [0.717, 1.165) is 0 Å². The molecule has 1 aromatic carbocycles. The normalized spacial score (nSPS) is 17.2. The quantitative estimate of drug-likeness (QED) is 0.607. The molecule has 0 radical (unpaired) electrons. The van der Waals surface area contributed by atoms with E-state index in [2.05, 4.69) is 0 Å². The average molecular weight is 274 g/mol. The van der Waals surface area contributed by atoms with Crippen molar-refractivity contribution in [3.05, 3.63) is 37.9 Å². The molecule has 0 bridgehead atoms. The number of halogens is 2. The number of nitrogens with zero attached hydrogens (tertiary/aromatic N) is 2. The summed E-state index contributed by atoms with van der Waals surface area (Å²) in [6.45, 7) is 0. The highest BCUT2D eigenvalue weighted by Gasteiger charge is 2.40. The fourth-order valence-corrected chi connectivity index (χ4v) is 1.58. The first-order chi connectivity index (χ1) is 8.82. The zero-order chi connectivity index (χ0) is 14.3. The van der Waals surface area contributed by atoms with Gasteiger partial charge in [-0.25, -0.2) is 4.39 Å². The summed E-state index contributed by atoms with van der Waals surface area (Å²) in [6, 6.07) is 0.499. The first kappa shape index (κ1) is 12.6. The Labute approximate surface area is 102 Å². The number of anilines is 2. The molecule has 0 fully saturated rings. The lowest BCUT2D eigenvalue weighted by Gasteiger charge is -2.21. The molecule has 1 aliphatic heterocycles. The smallest absolute Gasteiger partial charge is 0.316 e. The highest BCUT2D eigenvalue weighted by molar-refractivity contribution is 6.03. The summed E-state index contributed by atoms with van der Waals surface area (Å²) in [4.78, 5) is 30.2. The molecule has 0 saturated heterocycles. The predicted octanol–water partition coefficient (Wildman–Crippen LogP) is 0.840. The number of carbonyl (C=O) groups excluding carboxylic acids is 1. The van der Waals surface area contributed by atoms with E-state index in [1.807, 2.05) is 10.6 Å². The van der Waals surface area contributed by atoms with Crippen molar-refractivity contribution in [2.45, 2.75) is 6.17 Å². The van der Waals surface area contributed by atoms with E-state index in [1.165, 1.54) is 0 Å². The van der Waals surface area contributed by atoms with Crippen LogP contribution in [0.1, 0.15) is 0 Å². The van der Waals surface area contributed by atoms with E-state index >= 15 is 0 Å². The Kier molecular flexibility index (Phi) is 2.73. The van der Waals surface area contributed by atoms with Crippen molar-refractivity contribution in [3.8, 4) is 0 Å². The summed E-state index contributed by atoms with van der Waals surface area (Å²) in [7, 11) is 0. The summed E-state index contributed by atoms with van der Waals surface area (Å²) in [6.07, 6.45) is -2.02. The first-order valence-corrected chi connectivity index (χ1v) is 4.70. The average Bonchev–Trinajstić information content (AvgIpc) is 2.29. The molecule has 9 nitrogen and oxygen atoms in total. The summed E-state index contributed by atoms with van der Waals surface area (Å²) in [5.74, 6) is -4.46. The third-order valence-electron chi connectivity index (χ3n) is 2.38. The second kappa shape index (κ2) is 4.12. The van der Waals surface area contributed by atoms with Gasteiger partial charge in [0.25, 0.3) is 0 Å². The predicted molar refractivity (Wildman–Crippen MR) is 56.0 cm³/mol. The number of fused-ring (bicyclic) bond motifs is 1. The van der Waals surface area contributed by atoms with Crippen LogP contribution in [0.5, 0.6) is 0 Å². The molecular formula is C8H4F2N4O5. The Balaban J connectivity index is 2.64. The van der Waals surface area contributed by atoms with E-state index in [0.29, 0.717) is 6.07 Å². The van der Waals surface area contributed by atoms with Crippen LogP contribution in [0.15, 0.2) is 6.07 Å². The Bertz CT molecular complexity index is 620. The molecule has 0 aromatic heterocycles. The van der Waals surface area contributed by atoms with Crippen molar-refractivity contribution in [2.75, 3.05) is 10.6 Å².